The predicted octanol–water partition coefficient (Wildman–Crippen LogP) is 3.98. The fraction of sp³-hybridized carbons (Fsp3) is 0.360. The first-order valence-corrected chi connectivity index (χ1v) is 10.8. The first kappa shape index (κ1) is 20.4. The molecule has 160 valence electrons. The molecule has 32 heavy (non-hydrogen) atoms. The molecule has 0 spiro atoms. The van der Waals surface area contributed by atoms with Crippen LogP contribution in [-0.2, 0) is 16.6 Å². The minimum absolute atomic E-state index is 0.0128. The highest BCUT2D eigenvalue weighted by Crippen LogP contribution is 2.56. The fourth-order valence-corrected chi connectivity index (χ4v) is 5.77. The Kier molecular flexibility index (Phi) is 4.81. The molecule has 2 aromatic heterocycles. The molecule has 1 fully saturated rings. The van der Waals surface area contributed by atoms with E-state index in [2.05, 4.69) is 16.0 Å². The number of hydrogen-bond acceptors (Lipinski definition) is 6. The maximum atomic E-state index is 13.9. The number of carbonyl (C=O) groups is 1. The molecular weight excluding hydrogens is 405 g/mol. The van der Waals surface area contributed by atoms with E-state index in [9.17, 15) is 14.4 Å². The molecule has 0 bridgehead atoms. The lowest BCUT2D eigenvalue weighted by atomic mass is 9.50. The first-order chi connectivity index (χ1) is 15.5. The molecule has 1 saturated carbocycles. The maximum Gasteiger partial charge on any atom is 0.153 e. The summed E-state index contributed by atoms with van der Waals surface area (Å²) in [6, 6.07) is 8.66. The van der Waals surface area contributed by atoms with Gasteiger partial charge in [-0.25, -0.2) is 24.3 Å². The molecular formula is C25H22FN5O. The van der Waals surface area contributed by atoms with E-state index < -0.39 is 11.3 Å². The van der Waals surface area contributed by atoms with Gasteiger partial charge in [-0.3, -0.25) is 4.79 Å². The predicted molar refractivity (Wildman–Crippen MR) is 115 cm³/mol. The van der Waals surface area contributed by atoms with Crippen LogP contribution in [0.15, 0.2) is 43.0 Å². The molecule has 0 amide bonds. The van der Waals surface area contributed by atoms with Crippen LogP contribution in [-0.4, -0.2) is 25.7 Å². The van der Waals surface area contributed by atoms with Crippen molar-refractivity contribution in [1.82, 2.24) is 19.9 Å². The zero-order valence-electron chi connectivity index (χ0n) is 17.9. The normalized spacial score (nSPS) is 26.7. The molecule has 7 heteroatoms. The largest absolute Gasteiger partial charge is 0.298 e. The van der Waals surface area contributed by atoms with Crippen molar-refractivity contribution in [2.45, 2.75) is 38.5 Å². The van der Waals surface area contributed by atoms with Gasteiger partial charge in [0.15, 0.2) is 5.78 Å². The Bertz CT molecular complexity index is 1240. The smallest absolute Gasteiger partial charge is 0.153 e. The van der Waals surface area contributed by atoms with E-state index in [0.29, 0.717) is 18.7 Å². The minimum Gasteiger partial charge on any atom is -0.298 e. The summed E-state index contributed by atoms with van der Waals surface area (Å²) in [7, 11) is 0. The van der Waals surface area contributed by atoms with E-state index in [-0.39, 0.29) is 23.4 Å². The summed E-state index contributed by atoms with van der Waals surface area (Å²) in [5, 5.41) is 9.83. The van der Waals surface area contributed by atoms with Crippen LogP contribution in [0, 0.1) is 41.8 Å². The van der Waals surface area contributed by atoms with Gasteiger partial charge in [-0.1, -0.05) is 19.1 Å². The summed E-state index contributed by atoms with van der Waals surface area (Å²) in [6.45, 7) is 3.76. The topological polar surface area (TPSA) is 92.4 Å². The summed E-state index contributed by atoms with van der Waals surface area (Å²) >= 11 is 0. The average Bonchev–Trinajstić information content (AvgIpc) is 2.81. The number of Topliss-reactive ketones (excluding diaryl/α,β-unsaturated/α-hetero) is 1. The molecule has 2 aliphatic rings. The van der Waals surface area contributed by atoms with E-state index in [1.54, 1.807) is 24.5 Å². The Balaban J connectivity index is 1.83. The molecule has 6 nitrogen and oxygen atoms in total. The second-order valence-electron chi connectivity index (χ2n) is 8.77. The van der Waals surface area contributed by atoms with Gasteiger partial charge in [-0.2, -0.15) is 5.26 Å². The van der Waals surface area contributed by atoms with E-state index in [1.807, 2.05) is 13.8 Å². The van der Waals surface area contributed by atoms with E-state index in [4.69, 9.17) is 9.97 Å². The van der Waals surface area contributed by atoms with Gasteiger partial charge in [0.1, 0.15) is 23.9 Å². The molecule has 5 rings (SSSR count). The zero-order valence-corrected chi connectivity index (χ0v) is 17.9. The number of fused-ring (bicyclic) bond motifs is 3. The number of carbonyl (C=O) groups excluding carboxylic acids is 1. The highest BCUT2D eigenvalue weighted by atomic mass is 19.1. The van der Waals surface area contributed by atoms with Crippen molar-refractivity contribution in [1.29, 1.82) is 5.26 Å². The van der Waals surface area contributed by atoms with Gasteiger partial charge in [-0.05, 0) is 49.8 Å². The Labute approximate surface area is 185 Å². The summed E-state index contributed by atoms with van der Waals surface area (Å²) in [5.41, 5.74) is 3.63. The Hall–Kier alpha value is -3.53. The van der Waals surface area contributed by atoms with Gasteiger partial charge in [0, 0.05) is 34.9 Å². The third kappa shape index (κ3) is 2.94. The number of hydrogen-bond donors (Lipinski definition) is 0. The van der Waals surface area contributed by atoms with Gasteiger partial charge in [0.25, 0.3) is 0 Å². The number of halogens is 1. The van der Waals surface area contributed by atoms with Crippen molar-refractivity contribution in [3.8, 4) is 17.3 Å². The van der Waals surface area contributed by atoms with Crippen LogP contribution in [0.2, 0.25) is 0 Å². The lowest BCUT2D eigenvalue weighted by Gasteiger charge is -2.51. The first-order valence-electron chi connectivity index (χ1n) is 10.8. The Morgan fingerprint density at radius 2 is 1.88 bits per heavy atom. The van der Waals surface area contributed by atoms with Gasteiger partial charge in [0.05, 0.1) is 17.5 Å². The monoisotopic (exact) mass is 427 g/mol. The lowest BCUT2D eigenvalue weighted by Crippen LogP contribution is -2.53. The number of nitrogens with zero attached hydrogens (tertiary/aromatic N) is 5. The molecule has 3 aromatic rings. The van der Waals surface area contributed by atoms with Crippen molar-refractivity contribution in [2.75, 3.05) is 0 Å². The molecule has 0 aliphatic heterocycles. The number of rotatable bonds is 2. The Morgan fingerprint density at radius 3 is 2.56 bits per heavy atom. The quantitative estimate of drug-likeness (QED) is 0.614. The molecule has 0 radical (unpaired) electrons. The number of benzene rings is 1. The van der Waals surface area contributed by atoms with E-state index in [0.717, 1.165) is 34.5 Å². The number of aromatic nitrogens is 4. The number of nitriles is 1. The average molecular weight is 427 g/mol. The van der Waals surface area contributed by atoms with Gasteiger partial charge in [0.2, 0.25) is 0 Å². The molecule has 2 heterocycles. The molecule has 4 atom stereocenters. The SMILES string of the molecule is Cc1nc(-c2cncnc2)c2c(n1)[C@]1(c3ccc(F)cc3)CC(C#N)C(=O)[C@@H](C)[C@@H]1CC2. The van der Waals surface area contributed by atoms with Crippen molar-refractivity contribution >= 4 is 5.78 Å². The van der Waals surface area contributed by atoms with Crippen LogP contribution in [0.1, 0.15) is 42.4 Å². The van der Waals surface area contributed by atoms with Crippen molar-refractivity contribution < 1.29 is 9.18 Å². The molecule has 2 aliphatic carbocycles. The summed E-state index contributed by atoms with van der Waals surface area (Å²) in [5.74, 6) is -0.812. The van der Waals surface area contributed by atoms with Crippen LogP contribution >= 0.6 is 0 Å². The summed E-state index contributed by atoms with van der Waals surface area (Å²) in [4.78, 5) is 30.9. The van der Waals surface area contributed by atoms with E-state index in [1.165, 1.54) is 18.5 Å². The van der Waals surface area contributed by atoms with Crippen LogP contribution in [0.5, 0.6) is 0 Å². The van der Waals surface area contributed by atoms with E-state index >= 15 is 0 Å². The third-order valence-corrected chi connectivity index (χ3v) is 7.15. The van der Waals surface area contributed by atoms with Crippen molar-refractivity contribution in [2.24, 2.45) is 17.8 Å². The number of ketones is 1. The molecule has 0 N–H and O–H groups in total. The van der Waals surface area contributed by atoms with Crippen molar-refractivity contribution in [3.05, 3.63) is 71.4 Å². The fourth-order valence-electron chi connectivity index (χ4n) is 5.77. The molecule has 1 unspecified atom stereocenters. The number of aryl methyl sites for hydroxylation is 1. The summed E-state index contributed by atoms with van der Waals surface area (Å²) in [6.07, 6.45) is 6.74. The summed E-state index contributed by atoms with van der Waals surface area (Å²) < 4.78 is 13.9. The van der Waals surface area contributed by atoms with Gasteiger partial charge in [-0.15, -0.1) is 0 Å². The maximum absolute atomic E-state index is 13.9. The second-order valence-corrected chi connectivity index (χ2v) is 8.77. The van der Waals surface area contributed by atoms with Crippen LogP contribution < -0.4 is 0 Å². The highest BCUT2D eigenvalue weighted by molar-refractivity contribution is 5.87. The van der Waals surface area contributed by atoms with Crippen LogP contribution in [0.4, 0.5) is 4.39 Å². The second kappa shape index (κ2) is 7.56. The zero-order chi connectivity index (χ0) is 22.5. The van der Waals surface area contributed by atoms with Crippen LogP contribution in [0.3, 0.4) is 0 Å². The minimum atomic E-state index is -0.740. The highest BCUT2D eigenvalue weighted by Gasteiger charge is 2.56. The van der Waals surface area contributed by atoms with Gasteiger partial charge < -0.3 is 0 Å². The lowest BCUT2D eigenvalue weighted by molar-refractivity contribution is -0.131. The third-order valence-electron chi connectivity index (χ3n) is 7.15. The van der Waals surface area contributed by atoms with Crippen molar-refractivity contribution in [3.63, 3.8) is 0 Å². The molecule has 1 aromatic carbocycles. The van der Waals surface area contributed by atoms with Crippen LogP contribution in [0.25, 0.3) is 11.3 Å². The molecule has 0 saturated heterocycles. The standard InChI is InChI=1S/C25H22FN5O/c1-14-21-8-7-20-22(17-11-28-13-29-12-17)30-15(2)31-24(20)25(21,9-16(10-27)23(14)32)18-3-5-19(26)6-4-18/h3-6,11-14,16,21H,7-9H2,1-2H3/t14-,16?,21-,25-/m0/s1. The van der Waals surface area contributed by atoms with Gasteiger partial charge >= 0.3 is 0 Å². The Morgan fingerprint density at radius 1 is 1.16 bits per heavy atom.